The molecule has 1 aliphatic carbocycles. The van der Waals surface area contributed by atoms with E-state index in [1.165, 1.54) is 19.3 Å². The zero-order valence-corrected chi connectivity index (χ0v) is 17.0. The quantitative estimate of drug-likeness (QED) is 0.378. The van der Waals surface area contributed by atoms with E-state index in [2.05, 4.69) is 20.5 Å². The Morgan fingerprint density at radius 2 is 1.62 bits per heavy atom. The van der Waals surface area contributed by atoms with Crippen LogP contribution in [0.25, 0.3) is 0 Å². The van der Waals surface area contributed by atoms with E-state index in [1.54, 1.807) is 14.0 Å². The summed E-state index contributed by atoms with van der Waals surface area (Å²) < 4.78 is 0. The van der Waals surface area contributed by atoms with E-state index in [-0.39, 0.29) is 42.3 Å². The third kappa shape index (κ3) is 6.45. The van der Waals surface area contributed by atoms with Crippen LogP contribution in [0.3, 0.4) is 0 Å². The molecule has 0 aromatic rings. The van der Waals surface area contributed by atoms with Crippen LogP contribution in [0.4, 0.5) is 0 Å². The SMILES string of the molecule is CN=C(NCC(=O)NC1CCCCC1)N1CCN(C(C)=O)CC1.I. The molecule has 0 unspecified atom stereocenters. The first-order valence-corrected chi connectivity index (χ1v) is 8.60. The lowest BCUT2D eigenvalue weighted by Crippen LogP contribution is -2.54. The summed E-state index contributed by atoms with van der Waals surface area (Å²) in [7, 11) is 1.72. The second-order valence-electron chi connectivity index (χ2n) is 6.30. The number of hydrogen-bond donors (Lipinski definition) is 2. The molecule has 2 aliphatic rings. The van der Waals surface area contributed by atoms with Gasteiger partial charge in [-0.05, 0) is 12.8 Å². The fraction of sp³-hybridized carbons (Fsp3) is 0.812. The maximum atomic E-state index is 12.1. The van der Waals surface area contributed by atoms with E-state index >= 15 is 0 Å². The molecule has 2 rings (SSSR count). The number of halogens is 1. The van der Waals surface area contributed by atoms with Crippen LogP contribution in [-0.4, -0.2) is 73.4 Å². The Kier molecular flexibility index (Phi) is 9.38. The van der Waals surface area contributed by atoms with Gasteiger partial charge in [0.25, 0.3) is 0 Å². The highest BCUT2D eigenvalue weighted by atomic mass is 127. The second-order valence-corrected chi connectivity index (χ2v) is 6.30. The summed E-state index contributed by atoms with van der Waals surface area (Å²) in [6.45, 7) is 4.72. The van der Waals surface area contributed by atoms with Crippen molar-refractivity contribution in [3.05, 3.63) is 0 Å². The maximum absolute atomic E-state index is 12.1. The van der Waals surface area contributed by atoms with Gasteiger partial charge in [-0.3, -0.25) is 14.6 Å². The molecule has 1 saturated carbocycles. The summed E-state index contributed by atoms with van der Waals surface area (Å²) in [6, 6.07) is 0.333. The smallest absolute Gasteiger partial charge is 0.239 e. The number of nitrogens with one attached hydrogen (secondary N) is 2. The second kappa shape index (κ2) is 10.7. The lowest BCUT2D eigenvalue weighted by molar-refractivity contribution is -0.130. The number of rotatable bonds is 3. The van der Waals surface area contributed by atoms with Crippen LogP contribution >= 0.6 is 24.0 Å². The lowest BCUT2D eigenvalue weighted by atomic mass is 9.95. The normalized spacial score (nSPS) is 19.5. The molecule has 1 heterocycles. The van der Waals surface area contributed by atoms with E-state index in [1.807, 2.05) is 4.90 Å². The van der Waals surface area contributed by atoms with Gasteiger partial charge in [-0.2, -0.15) is 0 Å². The number of nitrogens with zero attached hydrogens (tertiary/aromatic N) is 3. The van der Waals surface area contributed by atoms with Gasteiger partial charge in [0.05, 0.1) is 6.54 Å². The number of hydrogen-bond acceptors (Lipinski definition) is 3. The highest BCUT2D eigenvalue weighted by Gasteiger charge is 2.21. The summed E-state index contributed by atoms with van der Waals surface area (Å²) in [5.74, 6) is 0.867. The highest BCUT2D eigenvalue weighted by Crippen LogP contribution is 2.17. The van der Waals surface area contributed by atoms with Crippen molar-refractivity contribution in [2.45, 2.75) is 45.1 Å². The number of carbonyl (C=O) groups excluding carboxylic acids is 2. The Hall–Kier alpha value is -1.06. The molecule has 0 radical (unpaired) electrons. The molecule has 1 aliphatic heterocycles. The molecule has 2 fully saturated rings. The Morgan fingerprint density at radius 1 is 1.04 bits per heavy atom. The average molecular weight is 451 g/mol. The minimum absolute atomic E-state index is 0. The Bertz CT molecular complexity index is 444. The molecule has 7 nitrogen and oxygen atoms in total. The van der Waals surface area contributed by atoms with E-state index in [0.717, 1.165) is 31.9 Å². The molecular formula is C16H30IN5O2. The largest absolute Gasteiger partial charge is 0.352 e. The van der Waals surface area contributed by atoms with Gasteiger partial charge >= 0.3 is 0 Å². The molecule has 0 aromatic carbocycles. The first-order valence-electron chi connectivity index (χ1n) is 8.60. The van der Waals surface area contributed by atoms with Crippen molar-refractivity contribution < 1.29 is 9.59 Å². The summed E-state index contributed by atoms with van der Waals surface area (Å²) in [5.41, 5.74) is 0. The maximum Gasteiger partial charge on any atom is 0.239 e. The van der Waals surface area contributed by atoms with Crippen LogP contribution in [0.15, 0.2) is 4.99 Å². The number of amides is 2. The zero-order valence-electron chi connectivity index (χ0n) is 14.7. The summed E-state index contributed by atoms with van der Waals surface area (Å²) >= 11 is 0. The van der Waals surface area contributed by atoms with Crippen molar-refractivity contribution in [3.63, 3.8) is 0 Å². The highest BCUT2D eigenvalue weighted by molar-refractivity contribution is 14.0. The molecular weight excluding hydrogens is 421 g/mol. The van der Waals surface area contributed by atoms with Crippen molar-refractivity contribution in [2.24, 2.45) is 4.99 Å². The molecule has 0 bridgehead atoms. The van der Waals surface area contributed by atoms with Crippen LogP contribution in [-0.2, 0) is 9.59 Å². The van der Waals surface area contributed by atoms with Crippen LogP contribution in [0.2, 0.25) is 0 Å². The van der Waals surface area contributed by atoms with E-state index in [0.29, 0.717) is 19.1 Å². The lowest BCUT2D eigenvalue weighted by Gasteiger charge is -2.36. The van der Waals surface area contributed by atoms with E-state index < -0.39 is 0 Å². The van der Waals surface area contributed by atoms with Crippen molar-refractivity contribution in [1.82, 2.24) is 20.4 Å². The van der Waals surface area contributed by atoms with Gasteiger partial charge in [0.2, 0.25) is 11.8 Å². The van der Waals surface area contributed by atoms with Crippen LogP contribution < -0.4 is 10.6 Å². The Morgan fingerprint density at radius 3 is 2.17 bits per heavy atom. The molecule has 2 N–H and O–H groups in total. The first kappa shape index (κ1) is 21.0. The Labute approximate surface area is 161 Å². The fourth-order valence-corrected chi connectivity index (χ4v) is 3.25. The van der Waals surface area contributed by atoms with Crippen LogP contribution in [0, 0.1) is 0 Å². The topological polar surface area (TPSA) is 77.0 Å². The monoisotopic (exact) mass is 451 g/mol. The minimum atomic E-state index is 0. The van der Waals surface area contributed by atoms with Gasteiger partial charge < -0.3 is 20.4 Å². The third-order valence-corrected chi connectivity index (χ3v) is 4.61. The van der Waals surface area contributed by atoms with Gasteiger partial charge in [0.15, 0.2) is 5.96 Å². The van der Waals surface area contributed by atoms with Crippen molar-refractivity contribution >= 4 is 41.8 Å². The first-order chi connectivity index (χ1) is 11.1. The van der Waals surface area contributed by atoms with Gasteiger partial charge in [-0.25, -0.2) is 0 Å². The number of aliphatic imine (C=N–C) groups is 1. The average Bonchev–Trinajstić information content (AvgIpc) is 2.56. The predicted molar refractivity (Wildman–Crippen MR) is 106 cm³/mol. The van der Waals surface area contributed by atoms with Gasteiger partial charge in [-0.1, -0.05) is 19.3 Å². The number of carbonyl (C=O) groups is 2. The third-order valence-electron chi connectivity index (χ3n) is 4.61. The molecule has 0 spiro atoms. The summed E-state index contributed by atoms with van der Waals surface area (Å²) in [6.07, 6.45) is 5.88. The fourth-order valence-electron chi connectivity index (χ4n) is 3.25. The van der Waals surface area contributed by atoms with Crippen LogP contribution in [0.5, 0.6) is 0 Å². The van der Waals surface area contributed by atoms with E-state index in [4.69, 9.17) is 0 Å². The zero-order chi connectivity index (χ0) is 16.7. The minimum Gasteiger partial charge on any atom is -0.352 e. The standard InChI is InChI=1S/C16H29N5O2.HI/c1-13(22)20-8-10-21(11-9-20)16(17-2)18-12-15(23)19-14-6-4-3-5-7-14;/h14H,3-12H2,1-2H3,(H,17,18)(H,19,23);1H. The molecule has 24 heavy (non-hydrogen) atoms. The molecule has 0 atom stereocenters. The molecule has 0 aromatic heterocycles. The van der Waals surface area contributed by atoms with Crippen molar-refractivity contribution in [1.29, 1.82) is 0 Å². The molecule has 138 valence electrons. The van der Waals surface area contributed by atoms with Crippen molar-refractivity contribution in [2.75, 3.05) is 39.8 Å². The van der Waals surface area contributed by atoms with Crippen molar-refractivity contribution in [3.8, 4) is 0 Å². The number of piperazine rings is 1. The van der Waals surface area contributed by atoms with E-state index in [9.17, 15) is 9.59 Å². The van der Waals surface area contributed by atoms with Crippen LogP contribution in [0.1, 0.15) is 39.0 Å². The molecule has 1 saturated heterocycles. The van der Waals surface area contributed by atoms with Gasteiger partial charge in [0, 0.05) is 46.2 Å². The molecule has 8 heteroatoms. The summed E-state index contributed by atoms with van der Waals surface area (Å²) in [4.78, 5) is 31.6. The number of guanidine groups is 1. The predicted octanol–water partition coefficient (Wildman–Crippen LogP) is 0.793. The summed E-state index contributed by atoms with van der Waals surface area (Å²) in [5, 5.41) is 6.23. The van der Waals surface area contributed by atoms with Gasteiger partial charge in [0.1, 0.15) is 0 Å². The Balaban J connectivity index is 0.00000288. The van der Waals surface area contributed by atoms with Gasteiger partial charge in [-0.15, -0.1) is 24.0 Å². The molecule has 2 amide bonds.